The van der Waals surface area contributed by atoms with Crippen LogP contribution < -0.4 is 15.1 Å². The molecule has 1 amide bonds. The lowest BCUT2D eigenvalue weighted by Crippen LogP contribution is -2.50. The number of carbonyl (C=O) groups excluding carboxylic acids is 1. The lowest BCUT2D eigenvalue weighted by Gasteiger charge is -2.45. The maximum atomic E-state index is 13.9. The van der Waals surface area contributed by atoms with Crippen LogP contribution in [0.15, 0.2) is 36.4 Å². The molecule has 5 nitrogen and oxygen atoms in total. The molecule has 0 unspecified atom stereocenters. The minimum Gasteiger partial charge on any atom is -0.486 e. The summed E-state index contributed by atoms with van der Waals surface area (Å²) in [5.41, 5.74) is 4.27. The van der Waals surface area contributed by atoms with Gasteiger partial charge >= 0.3 is 0 Å². The topological polar surface area (TPSA) is 61.8 Å². The van der Waals surface area contributed by atoms with Crippen molar-refractivity contribution < 1.29 is 19.1 Å². The van der Waals surface area contributed by atoms with Gasteiger partial charge in [0.15, 0.2) is 0 Å². The van der Waals surface area contributed by atoms with Crippen molar-refractivity contribution in [3.05, 3.63) is 58.9 Å². The molecule has 1 spiro atoms. The minimum absolute atomic E-state index is 0.185. The highest BCUT2D eigenvalue weighted by molar-refractivity contribution is 5.96. The number of nitrogens with zero attached hydrogens (tertiary/aromatic N) is 1. The van der Waals surface area contributed by atoms with Crippen LogP contribution in [0.5, 0.6) is 5.75 Å². The number of nitrogens with one attached hydrogen (secondary N) is 1. The third-order valence-electron chi connectivity index (χ3n) is 5.81. The highest BCUT2D eigenvalue weighted by atomic mass is 19.1. The molecule has 0 atom stereocenters. The molecule has 0 saturated carbocycles. The third kappa shape index (κ3) is 3.25. The van der Waals surface area contributed by atoms with E-state index >= 15 is 0 Å². The summed E-state index contributed by atoms with van der Waals surface area (Å²) in [5, 5.41) is 9.00. The first kappa shape index (κ1) is 17.8. The number of benzene rings is 2. The number of fused-ring (bicyclic) bond motifs is 1. The van der Waals surface area contributed by atoms with Crippen LogP contribution in [0.25, 0.3) is 0 Å². The van der Waals surface area contributed by atoms with Gasteiger partial charge in [-0.3, -0.25) is 10.0 Å². The molecule has 2 N–H and O–H groups in total. The summed E-state index contributed by atoms with van der Waals surface area (Å²) in [4.78, 5) is 14.1. The van der Waals surface area contributed by atoms with E-state index in [0.717, 1.165) is 50.0 Å². The van der Waals surface area contributed by atoms with Crippen LogP contribution in [0.2, 0.25) is 0 Å². The van der Waals surface area contributed by atoms with Crippen molar-refractivity contribution in [2.24, 2.45) is 0 Å². The number of halogens is 1. The van der Waals surface area contributed by atoms with Gasteiger partial charge in [-0.05, 0) is 49.1 Å². The number of amides is 1. The Morgan fingerprint density at radius 2 is 2.00 bits per heavy atom. The molecule has 2 aliphatic heterocycles. The van der Waals surface area contributed by atoms with Crippen LogP contribution in [0, 0.1) is 12.7 Å². The Hall–Kier alpha value is -2.60. The van der Waals surface area contributed by atoms with Crippen molar-refractivity contribution in [1.82, 2.24) is 5.48 Å². The fraction of sp³-hybridized carbons (Fsp3) is 0.381. The Labute approximate surface area is 157 Å². The Kier molecular flexibility index (Phi) is 4.52. The summed E-state index contributed by atoms with van der Waals surface area (Å²) in [6.07, 6.45) is 3.33. The standard InChI is InChI=1S/C21H23FN2O3/c1-14-5-6-16(13-18(14)22)24-11-9-21(10-12-24)8-7-15-3-2-4-17(19(15)27-21)20(25)23-26/h2-6,13,26H,7-12H2,1H3,(H,23,25). The van der Waals surface area contributed by atoms with Crippen LogP contribution in [0.4, 0.5) is 10.1 Å². The van der Waals surface area contributed by atoms with Crippen LogP contribution in [-0.2, 0) is 6.42 Å². The second-order valence-electron chi connectivity index (χ2n) is 7.44. The number of carbonyl (C=O) groups is 1. The van der Waals surface area contributed by atoms with Gasteiger partial charge < -0.3 is 9.64 Å². The summed E-state index contributed by atoms with van der Waals surface area (Å²) in [6, 6.07) is 10.8. The lowest BCUT2D eigenvalue weighted by molar-refractivity contribution is 0.0209. The number of anilines is 1. The quantitative estimate of drug-likeness (QED) is 0.626. The normalized spacial score (nSPS) is 18.0. The molecule has 2 aliphatic rings. The molecular weight excluding hydrogens is 347 g/mol. The fourth-order valence-electron chi connectivity index (χ4n) is 4.07. The molecule has 2 heterocycles. The zero-order chi connectivity index (χ0) is 19.0. The molecule has 6 heteroatoms. The van der Waals surface area contributed by atoms with Gasteiger partial charge in [0.2, 0.25) is 0 Å². The van der Waals surface area contributed by atoms with E-state index in [1.807, 2.05) is 18.2 Å². The Balaban J connectivity index is 1.53. The molecular formula is C21H23FN2O3. The van der Waals surface area contributed by atoms with Gasteiger partial charge in [-0.15, -0.1) is 0 Å². The second kappa shape index (κ2) is 6.85. The number of rotatable bonds is 2. The van der Waals surface area contributed by atoms with Crippen molar-refractivity contribution >= 4 is 11.6 Å². The maximum Gasteiger partial charge on any atom is 0.278 e. The van der Waals surface area contributed by atoms with Crippen molar-refractivity contribution in [2.45, 2.75) is 38.2 Å². The maximum absolute atomic E-state index is 13.9. The molecule has 0 aliphatic carbocycles. The number of piperidine rings is 1. The smallest absolute Gasteiger partial charge is 0.278 e. The molecule has 2 aromatic carbocycles. The van der Waals surface area contributed by atoms with Gasteiger partial charge in [-0.1, -0.05) is 18.2 Å². The molecule has 0 aromatic heterocycles. The predicted octanol–water partition coefficient (Wildman–Crippen LogP) is 3.62. The first-order chi connectivity index (χ1) is 13.0. The van der Waals surface area contributed by atoms with Crippen molar-refractivity contribution in [3.63, 3.8) is 0 Å². The number of ether oxygens (including phenoxy) is 1. The van der Waals surface area contributed by atoms with E-state index in [-0.39, 0.29) is 11.4 Å². The summed E-state index contributed by atoms with van der Waals surface area (Å²) in [7, 11) is 0. The second-order valence-corrected chi connectivity index (χ2v) is 7.44. The van der Waals surface area contributed by atoms with Gasteiger partial charge in [0, 0.05) is 31.6 Å². The van der Waals surface area contributed by atoms with E-state index < -0.39 is 5.91 Å². The lowest BCUT2D eigenvalue weighted by atomic mass is 9.82. The zero-order valence-electron chi connectivity index (χ0n) is 15.3. The number of aryl methyl sites for hydroxylation is 2. The first-order valence-electron chi connectivity index (χ1n) is 9.28. The van der Waals surface area contributed by atoms with E-state index in [1.54, 1.807) is 30.6 Å². The van der Waals surface area contributed by atoms with Crippen LogP contribution in [0.1, 0.15) is 40.7 Å². The molecule has 2 aromatic rings. The average Bonchev–Trinajstić information content (AvgIpc) is 2.70. The number of hydrogen-bond donors (Lipinski definition) is 2. The van der Waals surface area contributed by atoms with Crippen LogP contribution >= 0.6 is 0 Å². The summed E-state index contributed by atoms with van der Waals surface area (Å²) in [5.74, 6) is -0.170. The SMILES string of the molecule is Cc1ccc(N2CCC3(CCc4cccc(C(=O)NO)c4O3)CC2)cc1F. The van der Waals surface area contributed by atoms with Gasteiger partial charge in [0.25, 0.3) is 5.91 Å². The number of hydroxylamine groups is 1. The minimum atomic E-state index is -0.559. The monoisotopic (exact) mass is 370 g/mol. The zero-order valence-corrected chi connectivity index (χ0v) is 15.3. The van der Waals surface area contributed by atoms with Crippen molar-refractivity contribution in [3.8, 4) is 5.75 Å². The molecule has 142 valence electrons. The largest absolute Gasteiger partial charge is 0.486 e. The molecule has 1 saturated heterocycles. The summed E-state index contributed by atoms with van der Waals surface area (Å²) < 4.78 is 20.3. The van der Waals surface area contributed by atoms with E-state index in [0.29, 0.717) is 16.9 Å². The van der Waals surface area contributed by atoms with Crippen molar-refractivity contribution in [1.29, 1.82) is 0 Å². The highest BCUT2D eigenvalue weighted by Crippen LogP contribution is 2.41. The predicted molar refractivity (Wildman–Crippen MR) is 100.0 cm³/mol. The fourth-order valence-corrected chi connectivity index (χ4v) is 4.07. The average molecular weight is 370 g/mol. The van der Waals surface area contributed by atoms with Gasteiger partial charge in [0.05, 0.1) is 5.56 Å². The van der Waals surface area contributed by atoms with E-state index in [4.69, 9.17) is 9.94 Å². The Bertz CT molecular complexity index is 876. The van der Waals surface area contributed by atoms with Crippen LogP contribution in [0.3, 0.4) is 0 Å². The van der Waals surface area contributed by atoms with Gasteiger partial charge in [-0.2, -0.15) is 0 Å². The molecule has 0 bridgehead atoms. The van der Waals surface area contributed by atoms with E-state index in [9.17, 15) is 9.18 Å². The summed E-state index contributed by atoms with van der Waals surface area (Å²) >= 11 is 0. The van der Waals surface area contributed by atoms with E-state index in [1.165, 1.54) is 0 Å². The molecule has 0 radical (unpaired) electrons. The molecule has 4 rings (SSSR count). The molecule has 27 heavy (non-hydrogen) atoms. The number of hydrogen-bond acceptors (Lipinski definition) is 4. The highest BCUT2D eigenvalue weighted by Gasteiger charge is 2.40. The van der Waals surface area contributed by atoms with Gasteiger partial charge in [-0.25, -0.2) is 9.87 Å². The number of para-hydroxylation sites is 1. The van der Waals surface area contributed by atoms with Crippen molar-refractivity contribution in [2.75, 3.05) is 18.0 Å². The van der Waals surface area contributed by atoms with Crippen LogP contribution in [-0.4, -0.2) is 29.8 Å². The van der Waals surface area contributed by atoms with E-state index in [2.05, 4.69) is 4.90 Å². The Morgan fingerprint density at radius 3 is 2.70 bits per heavy atom. The summed E-state index contributed by atoms with van der Waals surface area (Å²) in [6.45, 7) is 3.30. The van der Waals surface area contributed by atoms with Gasteiger partial charge in [0.1, 0.15) is 17.2 Å². The third-order valence-corrected chi connectivity index (χ3v) is 5.81. The Morgan fingerprint density at radius 1 is 1.22 bits per heavy atom. The molecule has 1 fully saturated rings. The first-order valence-corrected chi connectivity index (χ1v) is 9.28.